The average molecular weight is 379 g/mol. The smallest absolute Gasteiger partial charge is 0.235 e. The van der Waals surface area contributed by atoms with E-state index in [9.17, 15) is 9.59 Å². The van der Waals surface area contributed by atoms with Crippen LogP contribution in [0.5, 0.6) is 0 Å². The van der Waals surface area contributed by atoms with Gasteiger partial charge >= 0.3 is 0 Å². The van der Waals surface area contributed by atoms with Gasteiger partial charge in [-0.05, 0) is 44.0 Å². The number of amides is 2. The van der Waals surface area contributed by atoms with Gasteiger partial charge in [0, 0.05) is 11.8 Å². The van der Waals surface area contributed by atoms with Crippen molar-refractivity contribution in [3.8, 4) is 0 Å². The maximum absolute atomic E-state index is 13.2. The number of aryl methyl sites for hydroxylation is 3. The van der Waals surface area contributed by atoms with E-state index in [0.29, 0.717) is 18.1 Å². The molecule has 1 aromatic heterocycles. The fourth-order valence-corrected chi connectivity index (χ4v) is 4.74. The van der Waals surface area contributed by atoms with Crippen LogP contribution in [0.15, 0.2) is 40.9 Å². The zero-order valence-corrected chi connectivity index (χ0v) is 15.9. The van der Waals surface area contributed by atoms with E-state index < -0.39 is 17.4 Å². The first-order valence-electron chi connectivity index (χ1n) is 9.37. The van der Waals surface area contributed by atoms with Crippen LogP contribution in [-0.4, -0.2) is 35.2 Å². The van der Waals surface area contributed by atoms with Gasteiger partial charge in [-0.3, -0.25) is 14.5 Å². The molecule has 2 amide bonds. The van der Waals surface area contributed by atoms with Crippen molar-refractivity contribution >= 4 is 23.3 Å². The van der Waals surface area contributed by atoms with Crippen LogP contribution in [0.2, 0.25) is 0 Å². The molecular formula is C21H21N3O4. The quantitative estimate of drug-likeness (QED) is 0.829. The molecule has 0 saturated carbocycles. The summed E-state index contributed by atoms with van der Waals surface area (Å²) in [5.74, 6) is -0.400. The normalized spacial score (nSPS) is 30.2. The minimum absolute atomic E-state index is 0.152. The highest BCUT2D eigenvalue weighted by atomic mass is 16.5. The van der Waals surface area contributed by atoms with E-state index >= 15 is 0 Å². The van der Waals surface area contributed by atoms with Gasteiger partial charge in [0.05, 0.1) is 24.5 Å². The van der Waals surface area contributed by atoms with Gasteiger partial charge in [0.1, 0.15) is 11.4 Å². The van der Waals surface area contributed by atoms with Crippen LogP contribution in [0.1, 0.15) is 16.9 Å². The lowest BCUT2D eigenvalue weighted by atomic mass is 9.76. The number of fused-ring (bicyclic) bond motifs is 1. The van der Waals surface area contributed by atoms with E-state index in [2.05, 4.69) is 10.5 Å². The van der Waals surface area contributed by atoms with Crippen molar-refractivity contribution in [3.05, 3.63) is 53.3 Å². The van der Waals surface area contributed by atoms with Crippen molar-refractivity contribution in [3.63, 3.8) is 0 Å². The number of hydrogen-bond donors (Lipinski definition) is 1. The fraction of sp³-hybridized carbons (Fsp3) is 0.381. The molecule has 144 valence electrons. The molecule has 2 bridgehead atoms. The van der Waals surface area contributed by atoms with Crippen LogP contribution in [0, 0.1) is 32.6 Å². The molecular weight excluding hydrogens is 358 g/mol. The first-order valence-corrected chi connectivity index (χ1v) is 9.37. The van der Waals surface area contributed by atoms with Crippen molar-refractivity contribution in [1.82, 2.24) is 5.16 Å². The van der Waals surface area contributed by atoms with Crippen LogP contribution < -0.4 is 10.2 Å². The highest BCUT2D eigenvalue weighted by molar-refractivity contribution is 6.05. The molecule has 0 radical (unpaired) electrons. The maximum Gasteiger partial charge on any atom is 0.235 e. The minimum atomic E-state index is -0.779. The first-order chi connectivity index (χ1) is 13.4. The van der Waals surface area contributed by atoms with Gasteiger partial charge in [0.15, 0.2) is 5.82 Å². The van der Waals surface area contributed by atoms with Gasteiger partial charge in [-0.2, -0.15) is 0 Å². The van der Waals surface area contributed by atoms with Crippen molar-refractivity contribution in [2.45, 2.75) is 32.5 Å². The van der Waals surface area contributed by atoms with Crippen LogP contribution in [0.4, 0.5) is 11.5 Å². The van der Waals surface area contributed by atoms with Gasteiger partial charge < -0.3 is 14.6 Å². The average Bonchev–Trinajstić information content (AvgIpc) is 3.35. The highest BCUT2D eigenvalue weighted by Gasteiger charge is 2.67. The van der Waals surface area contributed by atoms with E-state index in [1.807, 2.05) is 44.2 Å². The van der Waals surface area contributed by atoms with Crippen molar-refractivity contribution < 1.29 is 18.8 Å². The Bertz CT molecular complexity index is 1010. The number of carbonyl (C=O) groups excluding carboxylic acids is 2. The summed E-state index contributed by atoms with van der Waals surface area (Å²) in [5, 5.41) is 6.94. The second-order valence-electron chi connectivity index (χ2n) is 7.99. The molecule has 7 heteroatoms. The van der Waals surface area contributed by atoms with Gasteiger partial charge in [-0.1, -0.05) is 23.4 Å². The largest absolute Gasteiger partial charge is 0.360 e. The van der Waals surface area contributed by atoms with E-state index in [1.165, 1.54) is 0 Å². The van der Waals surface area contributed by atoms with E-state index in [4.69, 9.17) is 9.26 Å². The van der Waals surface area contributed by atoms with Crippen molar-refractivity contribution in [2.75, 3.05) is 16.8 Å². The third-order valence-electron chi connectivity index (χ3n) is 5.78. The molecule has 1 N–H and O–H groups in total. The number of rotatable bonds is 3. The van der Waals surface area contributed by atoms with Gasteiger partial charge in [0.2, 0.25) is 11.8 Å². The van der Waals surface area contributed by atoms with Crippen LogP contribution in [0.3, 0.4) is 0 Å². The lowest BCUT2D eigenvalue weighted by Gasteiger charge is -2.23. The lowest BCUT2D eigenvalue weighted by Crippen LogP contribution is -2.41. The molecule has 5 rings (SSSR count). The number of hydrogen-bond acceptors (Lipinski definition) is 5. The second kappa shape index (κ2) is 5.78. The summed E-state index contributed by atoms with van der Waals surface area (Å²) in [6.45, 7) is 6.08. The van der Waals surface area contributed by atoms with Gasteiger partial charge in [0.25, 0.3) is 0 Å². The number of carbonyl (C=O) groups is 2. The molecule has 2 fully saturated rings. The highest BCUT2D eigenvalue weighted by Crippen LogP contribution is 2.52. The third-order valence-corrected chi connectivity index (χ3v) is 5.78. The molecule has 28 heavy (non-hydrogen) atoms. The summed E-state index contributed by atoms with van der Waals surface area (Å²) in [4.78, 5) is 27.9. The number of ether oxygens (including phenoxy) is 1. The monoisotopic (exact) mass is 379 g/mol. The molecule has 2 saturated heterocycles. The van der Waals surface area contributed by atoms with E-state index in [0.717, 1.165) is 16.8 Å². The molecule has 4 atom stereocenters. The van der Waals surface area contributed by atoms with Crippen LogP contribution in [-0.2, 0) is 14.3 Å². The Morgan fingerprint density at radius 3 is 2.64 bits per heavy atom. The number of aromatic nitrogens is 1. The summed E-state index contributed by atoms with van der Waals surface area (Å²) < 4.78 is 11.3. The topological polar surface area (TPSA) is 84.7 Å². The van der Waals surface area contributed by atoms with E-state index in [-0.39, 0.29) is 17.9 Å². The zero-order chi connectivity index (χ0) is 19.6. The maximum atomic E-state index is 13.2. The Morgan fingerprint density at radius 1 is 1.21 bits per heavy atom. The predicted octanol–water partition coefficient (Wildman–Crippen LogP) is 2.52. The number of benzene rings is 1. The molecule has 3 aliphatic heterocycles. The van der Waals surface area contributed by atoms with Gasteiger partial charge in [-0.15, -0.1) is 0 Å². The number of nitrogens with one attached hydrogen (secondary N) is 1. The molecule has 7 nitrogen and oxygen atoms in total. The predicted molar refractivity (Wildman–Crippen MR) is 102 cm³/mol. The Labute approximate surface area is 162 Å². The van der Waals surface area contributed by atoms with Gasteiger partial charge in [-0.25, -0.2) is 0 Å². The summed E-state index contributed by atoms with van der Waals surface area (Å²) in [6, 6.07) is 7.61. The molecule has 4 heterocycles. The first kappa shape index (κ1) is 17.2. The molecule has 2 aromatic rings. The van der Waals surface area contributed by atoms with Crippen molar-refractivity contribution in [1.29, 1.82) is 0 Å². The summed E-state index contributed by atoms with van der Waals surface area (Å²) >= 11 is 0. The third kappa shape index (κ3) is 2.43. The molecule has 1 aromatic carbocycles. The number of anilines is 2. The standard InChI is InChI=1S/C21H21N3O4/c1-11-6-12(2)8-14(7-11)22-19(25)17-15-4-5-21(27-15)10-24(20(26)18(17)21)16-9-13(3)28-23-16/h4-9,15,17-18H,10H2,1-3H3,(H,22,25)/t15-,17-,18+,21-/m0/s1. The summed E-state index contributed by atoms with van der Waals surface area (Å²) in [6.07, 6.45) is 3.43. The molecule has 3 aliphatic rings. The van der Waals surface area contributed by atoms with Crippen LogP contribution >= 0.6 is 0 Å². The van der Waals surface area contributed by atoms with Crippen molar-refractivity contribution in [2.24, 2.45) is 11.8 Å². The zero-order valence-electron chi connectivity index (χ0n) is 15.9. The molecule has 0 aliphatic carbocycles. The Balaban J connectivity index is 1.44. The summed E-state index contributed by atoms with van der Waals surface area (Å²) in [7, 11) is 0. The van der Waals surface area contributed by atoms with Crippen LogP contribution in [0.25, 0.3) is 0 Å². The Kier molecular flexibility index (Phi) is 3.55. The SMILES string of the molecule is Cc1cc(C)cc(NC(=O)[C@H]2[C@@H]3C=C[C@@]4(CN(c5cc(C)on5)C(=O)[C@@H]24)O3)c1. The number of nitrogens with zero attached hydrogens (tertiary/aromatic N) is 2. The molecule has 0 unspecified atom stereocenters. The Morgan fingerprint density at radius 2 is 1.96 bits per heavy atom. The Hall–Kier alpha value is -2.93. The van der Waals surface area contributed by atoms with E-state index in [1.54, 1.807) is 17.9 Å². The molecule has 1 spiro atoms. The summed E-state index contributed by atoms with van der Waals surface area (Å²) in [5.41, 5.74) is 2.09. The fourth-order valence-electron chi connectivity index (χ4n) is 4.74. The lowest BCUT2D eigenvalue weighted by molar-refractivity contribution is -0.128. The second-order valence-corrected chi connectivity index (χ2v) is 7.99. The minimum Gasteiger partial charge on any atom is -0.360 e.